The second kappa shape index (κ2) is 3.92. The maximum atomic E-state index is 13.3. The minimum absolute atomic E-state index is 0.371. The molecule has 0 saturated heterocycles. The zero-order chi connectivity index (χ0) is 13.6. The van der Waals surface area contributed by atoms with Crippen LogP contribution < -0.4 is 0 Å². The number of rotatable bonds is 1. The van der Waals surface area contributed by atoms with Crippen molar-refractivity contribution in [2.24, 2.45) is 0 Å². The topological polar surface area (TPSA) is 17.8 Å². The van der Waals surface area contributed by atoms with Gasteiger partial charge in [0.1, 0.15) is 5.69 Å². The van der Waals surface area contributed by atoms with Crippen molar-refractivity contribution in [2.45, 2.75) is 38.9 Å². The molecule has 0 aliphatic rings. The maximum Gasteiger partial charge on any atom is 0.438 e. The second-order valence-electron chi connectivity index (χ2n) is 4.43. The summed E-state index contributed by atoms with van der Waals surface area (Å²) in [5.41, 5.74) is -4.43. The van der Waals surface area contributed by atoms with Gasteiger partial charge < -0.3 is 0 Å². The largest absolute Gasteiger partial charge is 0.438 e. The summed E-state index contributed by atoms with van der Waals surface area (Å²) < 4.78 is 75.8. The highest BCUT2D eigenvalue weighted by molar-refractivity contribution is 5.19. The molecule has 2 nitrogen and oxygen atoms in total. The van der Waals surface area contributed by atoms with E-state index in [0.717, 1.165) is 0 Å². The zero-order valence-corrected chi connectivity index (χ0v) is 9.24. The molecule has 0 fully saturated rings. The van der Waals surface area contributed by atoms with Crippen LogP contribution in [0.15, 0.2) is 0 Å². The van der Waals surface area contributed by atoms with E-state index in [2.05, 4.69) is 5.10 Å². The minimum Gasteiger partial charge on any atom is -0.255 e. The number of alkyl halides is 5. The summed E-state index contributed by atoms with van der Waals surface area (Å²) in [6, 6.07) is 0. The Morgan fingerprint density at radius 2 is 1.59 bits per heavy atom. The molecule has 0 saturated carbocycles. The van der Waals surface area contributed by atoms with Gasteiger partial charge in [0.2, 0.25) is 5.69 Å². The molecule has 0 atom stereocenters. The standard InChI is InChI=1S/C9H10F6N2/c1-8(2,3)17-5(7(11)12)4(10)6(16-17)9(13,14)15/h7H,1-3H3. The van der Waals surface area contributed by atoms with E-state index in [4.69, 9.17) is 0 Å². The Morgan fingerprint density at radius 3 is 1.82 bits per heavy atom. The van der Waals surface area contributed by atoms with Gasteiger partial charge in [0, 0.05) is 0 Å². The van der Waals surface area contributed by atoms with E-state index in [-0.39, 0.29) is 0 Å². The first kappa shape index (κ1) is 13.9. The van der Waals surface area contributed by atoms with Gasteiger partial charge in [0.15, 0.2) is 5.82 Å². The van der Waals surface area contributed by atoms with E-state index in [1.165, 1.54) is 20.8 Å². The quantitative estimate of drug-likeness (QED) is 0.703. The monoisotopic (exact) mass is 260 g/mol. The van der Waals surface area contributed by atoms with Gasteiger partial charge in [-0.1, -0.05) is 0 Å². The van der Waals surface area contributed by atoms with Crippen LogP contribution in [0, 0.1) is 5.82 Å². The van der Waals surface area contributed by atoms with Crippen molar-refractivity contribution in [3.8, 4) is 0 Å². The highest BCUT2D eigenvalue weighted by Gasteiger charge is 2.43. The van der Waals surface area contributed by atoms with E-state index in [9.17, 15) is 26.3 Å². The summed E-state index contributed by atoms with van der Waals surface area (Å²) in [4.78, 5) is 0. The Kier molecular flexibility index (Phi) is 3.19. The molecule has 0 radical (unpaired) electrons. The third-order valence-corrected chi connectivity index (χ3v) is 1.97. The number of hydrogen-bond acceptors (Lipinski definition) is 1. The van der Waals surface area contributed by atoms with Crippen LogP contribution in [-0.2, 0) is 11.7 Å². The molecule has 8 heteroatoms. The second-order valence-corrected chi connectivity index (χ2v) is 4.43. The normalized spacial score (nSPS) is 13.5. The molecule has 0 unspecified atom stereocenters. The maximum absolute atomic E-state index is 13.3. The highest BCUT2D eigenvalue weighted by Crippen LogP contribution is 2.36. The molecule has 17 heavy (non-hydrogen) atoms. The molecule has 1 heterocycles. The van der Waals surface area contributed by atoms with E-state index in [1.54, 1.807) is 0 Å². The lowest BCUT2D eigenvalue weighted by Gasteiger charge is -2.21. The molecule has 0 aliphatic carbocycles. The first-order valence-electron chi connectivity index (χ1n) is 4.60. The van der Waals surface area contributed by atoms with Crippen LogP contribution in [0.25, 0.3) is 0 Å². The van der Waals surface area contributed by atoms with Crippen molar-refractivity contribution < 1.29 is 26.3 Å². The molecule has 0 bridgehead atoms. The molecule has 0 aliphatic heterocycles. The molecule has 0 aromatic carbocycles. The van der Waals surface area contributed by atoms with Crippen molar-refractivity contribution in [3.05, 3.63) is 17.2 Å². The summed E-state index contributed by atoms with van der Waals surface area (Å²) in [7, 11) is 0. The zero-order valence-electron chi connectivity index (χ0n) is 9.24. The van der Waals surface area contributed by atoms with Gasteiger partial charge in [-0.2, -0.15) is 18.3 Å². The van der Waals surface area contributed by atoms with E-state index < -0.39 is 35.3 Å². The number of aromatic nitrogens is 2. The van der Waals surface area contributed by atoms with Gasteiger partial charge in [0.25, 0.3) is 6.43 Å². The smallest absolute Gasteiger partial charge is 0.255 e. The van der Waals surface area contributed by atoms with Gasteiger partial charge in [-0.3, -0.25) is 4.68 Å². The SMILES string of the molecule is CC(C)(C)n1nc(C(F)(F)F)c(F)c1C(F)F. The van der Waals surface area contributed by atoms with Gasteiger partial charge in [-0.25, -0.2) is 13.2 Å². The van der Waals surface area contributed by atoms with Crippen molar-refractivity contribution in [1.82, 2.24) is 9.78 Å². The van der Waals surface area contributed by atoms with Crippen molar-refractivity contribution in [1.29, 1.82) is 0 Å². The summed E-state index contributed by atoms with van der Waals surface area (Å²) in [6.45, 7) is 4.06. The van der Waals surface area contributed by atoms with Crippen LogP contribution in [-0.4, -0.2) is 9.78 Å². The Labute approximate surface area is 93.2 Å². The average molecular weight is 260 g/mol. The lowest BCUT2D eigenvalue weighted by molar-refractivity contribution is -0.144. The Bertz CT molecular complexity index is 412. The summed E-state index contributed by atoms with van der Waals surface area (Å²) in [5.74, 6) is -2.01. The van der Waals surface area contributed by atoms with Gasteiger partial charge >= 0.3 is 6.18 Å². The van der Waals surface area contributed by atoms with Crippen molar-refractivity contribution in [3.63, 3.8) is 0 Å². The molecular weight excluding hydrogens is 250 g/mol. The number of hydrogen-bond donors (Lipinski definition) is 0. The molecule has 0 N–H and O–H groups in total. The predicted octanol–water partition coefficient (Wildman–Crippen LogP) is 3.73. The van der Waals surface area contributed by atoms with Crippen LogP contribution >= 0.6 is 0 Å². The Balaban J connectivity index is 3.52. The fraction of sp³-hybridized carbons (Fsp3) is 0.667. The third-order valence-electron chi connectivity index (χ3n) is 1.97. The van der Waals surface area contributed by atoms with Crippen molar-refractivity contribution in [2.75, 3.05) is 0 Å². The van der Waals surface area contributed by atoms with Crippen LogP contribution in [0.1, 0.15) is 38.6 Å². The highest BCUT2D eigenvalue weighted by atomic mass is 19.4. The molecule has 1 aromatic rings. The molecule has 98 valence electrons. The van der Waals surface area contributed by atoms with E-state index >= 15 is 0 Å². The summed E-state index contributed by atoms with van der Waals surface area (Å²) in [5, 5.41) is 2.91. The van der Waals surface area contributed by atoms with Crippen LogP contribution in [0.2, 0.25) is 0 Å². The third kappa shape index (κ3) is 2.55. The minimum atomic E-state index is -5.09. The van der Waals surface area contributed by atoms with Crippen LogP contribution in [0.5, 0.6) is 0 Å². The Morgan fingerprint density at radius 1 is 1.12 bits per heavy atom. The lowest BCUT2D eigenvalue weighted by atomic mass is 10.1. The average Bonchev–Trinajstić information content (AvgIpc) is 2.40. The van der Waals surface area contributed by atoms with Gasteiger partial charge in [-0.05, 0) is 20.8 Å². The van der Waals surface area contributed by atoms with Gasteiger partial charge in [-0.15, -0.1) is 0 Å². The van der Waals surface area contributed by atoms with Crippen molar-refractivity contribution >= 4 is 0 Å². The number of nitrogens with zero attached hydrogens (tertiary/aromatic N) is 2. The molecule has 1 aromatic heterocycles. The van der Waals surface area contributed by atoms with E-state index in [1.807, 2.05) is 0 Å². The first-order valence-corrected chi connectivity index (χ1v) is 4.60. The molecule has 0 amide bonds. The fourth-order valence-electron chi connectivity index (χ4n) is 1.29. The number of halogens is 6. The predicted molar refractivity (Wildman–Crippen MR) is 47.1 cm³/mol. The molecular formula is C9H10F6N2. The summed E-state index contributed by atoms with van der Waals surface area (Å²) in [6.07, 6.45) is -8.46. The van der Waals surface area contributed by atoms with Crippen LogP contribution in [0.4, 0.5) is 26.3 Å². The van der Waals surface area contributed by atoms with E-state index in [0.29, 0.717) is 4.68 Å². The first-order chi connectivity index (χ1) is 7.46. The molecule has 0 spiro atoms. The summed E-state index contributed by atoms with van der Waals surface area (Å²) >= 11 is 0. The fourth-order valence-corrected chi connectivity index (χ4v) is 1.29. The lowest BCUT2D eigenvalue weighted by Crippen LogP contribution is -2.26. The Hall–Kier alpha value is -1.21. The van der Waals surface area contributed by atoms with Crippen LogP contribution in [0.3, 0.4) is 0 Å². The van der Waals surface area contributed by atoms with Gasteiger partial charge in [0.05, 0.1) is 5.54 Å². The molecule has 1 rings (SSSR count).